The maximum Gasteiger partial charge on any atom is 0.214 e. The Balaban J connectivity index is 2.00. The van der Waals surface area contributed by atoms with Gasteiger partial charge in [0.2, 0.25) is 10.0 Å². The Morgan fingerprint density at radius 1 is 1.27 bits per heavy atom. The van der Waals surface area contributed by atoms with Gasteiger partial charge in [0.05, 0.1) is 12.9 Å². The number of carbonyl (C=O) groups excluding carboxylic acids is 1. The minimum Gasteiger partial charge on any atom is -0.497 e. The molecule has 1 aromatic carbocycles. The zero-order chi connectivity index (χ0) is 16.5. The minimum absolute atomic E-state index is 0.140. The van der Waals surface area contributed by atoms with Crippen LogP contribution in [0.25, 0.3) is 0 Å². The molecule has 1 aliphatic heterocycles. The van der Waals surface area contributed by atoms with Crippen molar-refractivity contribution in [1.82, 2.24) is 4.31 Å². The number of hydrogen-bond acceptors (Lipinski definition) is 4. The Labute approximate surface area is 133 Å². The molecule has 7 heteroatoms. The lowest BCUT2D eigenvalue weighted by Crippen LogP contribution is -2.28. The summed E-state index contributed by atoms with van der Waals surface area (Å²) in [7, 11) is -3.17. The fraction of sp³-hybridized carbons (Fsp3) is 0.533. The number of sulfonamides is 1. The van der Waals surface area contributed by atoms with Crippen molar-refractivity contribution in [2.75, 3.05) is 19.4 Å². The van der Waals surface area contributed by atoms with E-state index < -0.39 is 24.1 Å². The van der Waals surface area contributed by atoms with Crippen LogP contribution >= 0.6 is 0 Å². The van der Waals surface area contributed by atoms with E-state index in [-0.39, 0.29) is 11.5 Å². The highest BCUT2D eigenvalue weighted by Crippen LogP contribution is 2.28. The zero-order valence-electron chi connectivity index (χ0n) is 13.5. The van der Waals surface area contributed by atoms with E-state index in [1.165, 1.54) is 4.31 Å². The summed E-state index contributed by atoms with van der Waals surface area (Å²) in [5.74, 6) is 0.681. The molecule has 1 heterocycles. The number of rotatable bonds is 7. The number of ether oxygens (including phenoxy) is 1. The first-order valence-electron chi connectivity index (χ1n) is 7.32. The summed E-state index contributed by atoms with van der Waals surface area (Å²) in [5, 5.41) is 0. The normalized spacial score (nSPS) is 21.5. The van der Waals surface area contributed by atoms with Crippen LogP contribution in [-0.2, 0) is 10.0 Å². The van der Waals surface area contributed by atoms with Gasteiger partial charge in [0.15, 0.2) is 5.78 Å². The summed E-state index contributed by atoms with van der Waals surface area (Å²) in [6.07, 6.45) is 0. The number of benzene rings is 1. The molecule has 2 atom stereocenters. The molecule has 0 spiro atoms. The summed E-state index contributed by atoms with van der Waals surface area (Å²) in [6.45, 7) is 6.74. The van der Waals surface area contributed by atoms with Crippen LogP contribution < -0.4 is 4.74 Å². The molecule has 0 aliphatic carbocycles. The van der Waals surface area contributed by atoms with Gasteiger partial charge in [-0.05, 0) is 30.3 Å². The van der Waals surface area contributed by atoms with Gasteiger partial charge in [0.25, 0.3) is 0 Å². The van der Waals surface area contributed by atoms with Crippen molar-refractivity contribution in [3.63, 3.8) is 0 Å². The van der Waals surface area contributed by atoms with Gasteiger partial charge in [-0.3, -0.25) is 4.79 Å². The average molecular weight is 342 g/mol. The van der Waals surface area contributed by atoms with E-state index in [1.807, 2.05) is 0 Å². The molecule has 1 fully saturated rings. The summed E-state index contributed by atoms with van der Waals surface area (Å²) in [5.41, 5.74) is 0.522. The third-order valence-corrected chi connectivity index (χ3v) is 7.66. The van der Waals surface area contributed by atoms with Crippen molar-refractivity contribution in [3.05, 3.63) is 29.8 Å². The Bertz CT molecular complexity index is 649. The van der Waals surface area contributed by atoms with Crippen LogP contribution in [0.3, 0.4) is 0 Å². The van der Waals surface area contributed by atoms with Gasteiger partial charge in [0, 0.05) is 20.2 Å². The van der Waals surface area contributed by atoms with Crippen LogP contribution in [0.4, 0.5) is 0 Å². The number of nitrogens with zero attached hydrogens (tertiary/aromatic N) is 1. The molecule has 0 bridgehead atoms. The molecule has 22 heavy (non-hydrogen) atoms. The highest BCUT2D eigenvalue weighted by Gasteiger charge is 2.48. The van der Waals surface area contributed by atoms with Gasteiger partial charge in [-0.2, -0.15) is 4.31 Å². The first-order chi connectivity index (χ1) is 10.1. The molecule has 0 amide bonds. The van der Waals surface area contributed by atoms with Crippen LogP contribution in [0.15, 0.2) is 24.3 Å². The average Bonchev–Trinajstić information content (AvgIpc) is 3.25. The van der Waals surface area contributed by atoms with Gasteiger partial charge in [-0.1, -0.05) is 19.6 Å². The van der Waals surface area contributed by atoms with E-state index in [0.29, 0.717) is 17.9 Å². The quantitative estimate of drug-likeness (QED) is 0.433. The molecule has 2 unspecified atom stereocenters. The molecule has 2 rings (SSSR count). The summed E-state index contributed by atoms with van der Waals surface area (Å²) >= 11 is 0. The molecule has 1 aliphatic rings. The van der Waals surface area contributed by atoms with Gasteiger partial charge < -0.3 is 4.74 Å². The fourth-order valence-corrected chi connectivity index (χ4v) is 6.71. The van der Waals surface area contributed by atoms with Gasteiger partial charge in [-0.25, -0.2) is 8.42 Å². The van der Waals surface area contributed by atoms with Gasteiger partial charge in [0.1, 0.15) is 11.8 Å². The number of ketones is 1. The predicted octanol–water partition coefficient (Wildman–Crippen LogP) is 2.23. The molecule has 0 saturated carbocycles. The Morgan fingerprint density at radius 3 is 2.36 bits per heavy atom. The molecule has 1 saturated heterocycles. The molecular formula is C15H23NO4SSi. The highest BCUT2D eigenvalue weighted by molar-refractivity contribution is 7.89. The topological polar surface area (TPSA) is 63.5 Å². The van der Waals surface area contributed by atoms with Crippen LogP contribution in [0, 0.1) is 0 Å². The second-order valence-corrected chi connectivity index (χ2v) is 14.5. The number of Topliss-reactive ketones (excluding diaryl/α,β-unsaturated/α-hetero) is 1. The monoisotopic (exact) mass is 341 g/mol. The van der Waals surface area contributed by atoms with Crippen LogP contribution in [0.1, 0.15) is 10.4 Å². The lowest BCUT2D eigenvalue weighted by atomic mass is 10.1. The minimum atomic E-state index is -3.31. The van der Waals surface area contributed by atoms with Crippen molar-refractivity contribution in [1.29, 1.82) is 0 Å². The summed E-state index contributed by atoms with van der Waals surface area (Å²) in [6, 6.07) is 6.95. The third kappa shape index (κ3) is 4.18. The lowest BCUT2D eigenvalue weighted by molar-refractivity contribution is 0.0983. The molecule has 0 radical (unpaired) electrons. The molecule has 0 N–H and O–H groups in total. The Kier molecular flexibility index (Phi) is 4.79. The molecule has 122 valence electrons. The highest BCUT2D eigenvalue weighted by atomic mass is 32.2. The first kappa shape index (κ1) is 17.2. The molecule has 1 aromatic rings. The SMILES string of the molecule is COc1ccc(C(=O)C2CN2S(=O)(=O)CC[Si](C)(C)C)cc1. The Morgan fingerprint density at radius 2 is 1.86 bits per heavy atom. The van der Waals surface area contributed by atoms with E-state index in [1.54, 1.807) is 31.4 Å². The predicted molar refractivity (Wildman–Crippen MR) is 89.8 cm³/mol. The number of carbonyl (C=O) groups is 1. The largest absolute Gasteiger partial charge is 0.497 e. The van der Waals surface area contributed by atoms with Gasteiger partial charge in [-0.15, -0.1) is 0 Å². The summed E-state index contributed by atoms with van der Waals surface area (Å²) < 4.78 is 30.9. The van der Waals surface area contributed by atoms with E-state index in [4.69, 9.17) is 4.74 Å². The Hall–Kier alpha value is -1.18. The van der Waals surface area contributed by atoms with E-state index in [9.17, 15) is 13.2 Å². The second kappa shape index (κ2) is 6.14. The van der Waals surface area contributed by atoms with Gasteiger partial charge >= 0.3 is 0 Å². The summed E-state index contributed by atoms with van der Waals surface area (Å²) in [4.78, 5) is 12.3. The lowest BCUT2D eigenvalue weighted by Gasteiger charge is -2.15. The second-order valence-electron chi connectivity index (χ2n) is 6.80. The molecule has 5 nitrogen and oxygen atoms in total. The standard InChI is InChI=1S/C15H23NO4SSi/c1-20-13-7-5-12(6-8-13)15(17)14-11-16(14)21(18,19)9-10-22(2,3)4/h5-8,14H,9-11H2,1-4H3. The van der Waals surface area contributed by atoms with Crippen LogP contribution in [0.5, 0.6) is 5.75 Å². The van der Waals surface area contributed by atoms with E-state index in [2.05, 4.69) is 19.6 Å². The maximum atomic E-state index is 12.3. The van der Waals surface area contributed by atoms with E-state index >= 15 is 0 Å². The first-order valence-corrected chi connectivity index (χ1v) is 12.6. The maximum absolute atomic E-state index is 12.3. The third-order valence-electron chi connectivity index (χ3n) is 3.71. The van der Waals surface area contributed by atoms with E-state index in [0.717, 1.165) is 6.04 Å². The van der Waals surface area contributed by atoms with Crippen LogP contribution in [-0.4, -0.2) is 52.0 Å². The smallest absolute Gasteiger partial charge is 0.214 e. The van der Waals surface area contributed by atoms with Crippen molar-refractivity contribution in [3.8, 4) is 5.75 Å². The van der Waals surface area contributed by atoms with Crippen molar-refractivity contribution in [2.24, 2.45) is 0 Å². The van der Waals surface area contributed by atoms with Crippen molar-refractivity contribution >= 4 is 23.9 Å². The molecular weight excluding hydrogens is 318 g/mol. The van der Waals surface area contributed by atoms with Crippen molar-refractivity contribution in [2.45, 2.75) is 31.7 Å². The number of hydrogen-bond donors (Lipinski definition) is 0. The van der Waals surface area contributed by atoms with Crippen LogP contribution in [0.2, 0.25) is 25.7 Å². The number of methoxy groups -OCH3 is 1. The van der Waals surface area contributed by atoms with Crippen molar-refractivity contribution < 1.29 is 17.9 Å². The fourth-order valence-electron chi connectivity index (χ4n) is 2.14. The molecule has 0 aromatic heterocycles. The zero-order valence-corrected chi connectivity index (χ0v) is 15.3.